The van der Waals surface area contributed by atoms with Gasteiger partial charge in [0.1, 0.15) is 0 Å². The Morgan fingerprint density at radius 3 is 1.50 bits per heavy atom. The molecule has 0 saturated heterocycles. The molecule has 2 heterocycles. The lowest BCUT2D eigenvalue weighted by Crippen LogP contribution is -2.10. The van der Waals surface area contributed by atoms with Gasteiger partial charge in [0.2, 0.25) is 0 Å². The molecular formula is C35H27NS2. The molecule has 0 bridgehead atoms. The molecule has 7 aromatic rings. The van der Waals surface area contributed by atoms with E-state index in [1.807, 2.05) is 22.7 Å². The van der Waals surface area contributed by atoms with Gasteiger partial charge in [0.25, 0.3) is 0 Å². The second kappa shape index (κ2) is 8.97. The third-order valence-electron chi connectivity index (χ3n) is 8.22. The Hall–Kier alpha value is -3.66. The highest BCUT2D eigenvalue weighted by Gasteiger charge is 2.19. The average molecular weight is 526 g/mol. The van der Waals surface area contributed by atoms with Crippen molar-refractivity contribution in [1.29, 1.82) is 0 Å². The van der Waals surface area contributed by atoms with E-state index in [4.69, 9.17) is 0 Å². The van der Waals surface area contributed by atoms with Crippen molar-refractivity contribution in [3.05, 3.63) is 115 Å². The highest BCUT2D eigenvalue weighted by atomic mass is 32.1. The van der Waals surface area contributed by atoms with Gasteiger partial charge in [-0.1, -0.05) is 73.5 Å². The molecule has 0 atom stereocenters. The van der Waals surface area contributed by atoms with Crippen LogP contribution in [-0.2, 0) is 0 Å². The first-order valence-electron chi connectivity index (χ1n) is 13.5. The summed E-state index contributed by atoms with van der Waals surface area (Å²) in [4.78, 5) is 2.44. The van der Waals surface area contributed by atoms with Crippen molar-refractivity contribution in [2.45, 2.75) is 31.6 Å². The number of anilines is 3. The molecule has 2 aromatic heterocycles. The molecule has 0 radical (unpaired) electrons. The molecule has 1 saturated carbocycles. The predicted octanol–water partition coefficient (Wildman–Crippen LogP) is 11.5. The molecule has 8 rings (SSSR count). The maximum Gasteiger partial charge on any atom is 0.0476 e. The van der Waals surface area contributed by atoms with E-state index in [0.717, 1.165) is 5.92 Å². The molecule has 0 amide bonds. The van der Waals surface area contributed by atoms with Gasteiger partial charge in [-0.3, -0.25) is 0 Å². The number of fused-ring (bicyclic) bond motifs is 6. The molecule has 5 aromatic carbocycles. The Morgan fingerprint density at radius 1 is 0.474 bits per heavy atom. The van der Waals surface area contributed by atoms with Crippen LogP contribution in [0.3, 0.4) is 0 Å². The number of benzene rings is 5. The normalized spacial score (nSPS) is 14.3. The minimum atomic E-state index is 0.724. The Morgan fingerprint density at radius 2 is 0.947 bits per heavy atom. The van der Waals surface area contributed by atoms with Gasteiger partial charge >= 0.3 is 0 Å². The maximum atomic E-state index is 2.44. The van der Waals surface area contributed by atoms with Crippen LogP contribution in [0.25, 0.3) is 40.3 Å². The van der Waals surface area contributed by atoms with Gasteiger partial charge < -0.3 is 4.90 Å². The predicted molar refractivity (Wildman–Crippen MR) is 168 cm³/mol. The lowest BCUT2D eigenvalue weighted by atomic mass is 9.97. The molecule has 38 heavy (non-hydrogen) atoms. The van der Waals surface area contributed by atoms with Gasteiger partial charge in [0, 0.05) is 57.4 Å². The SMILES string of the molecule is c1ccc2c(c1)sc1cc(N(c3ccc(C4CCCC4)cc3)c3ccc4c(c3)sc3ccccc34)ccc12. The minimum Gasteiger partial charge on any atom is -0.310 e. The molecule has 0 spiro atoms. The molecule has 184 valence electrons. The number of rotatable bonds is 4. The van der Waals surface area contributed by atoms with Crippen LogP contribution in [0.5, 0.6) is 0 Å². The molecule has 1 aliphatic rings. The Labute approximate surface area is 230 Å². The highest BCUT2D eigenvalue weighted by molar-refractivity contribution is 7.26. The fraction of sp³-hybridized carbons (Fsp3) is 0.143. The fourth-order valence-electron chi connectivity index (χ4n) is 6.31. The lowest BCUT2D eigenvalue weighted by molar-refractivity contribution is 0.723. The van der Waals surface area contributed by atoms with E-state index in [0.29, 0.717) is 0 Å². The Bertz CT molecular complexity index is 1820. The van der Waals surface area contributed by atoms with Gasteiger partial charge in [0.15, 0.2) is 0 Å². The molecule has 1 aliphatic carbocycles. The van der Waals surface area contributed by atoms with E-state index in [1.165, 1.54) is 88.7 Å². The lowest BCUT2D eigenvalue weighted by Gasteiger charge is -2.26. The number of nitrogens with zero attached hydrogens (tertiary/aromatic N) is 1. The van der Waals surface area contributed by atoms with Crippen molar-refractivity contribution in [3.63, 3.8) is 0 Å². The van der Waals surface area contributed by atoms with Crippen molar-refractivity contribution in [3.8, 4) is 0 Å². The van der Waals surface area contributed by atoms with E-state index >= 15 is 0 Å². The summed E-state index contributed by atoms with van der Waals surface area (Å²) >= 11 is 3.77. The Balaban J connectivity index is 1.29. The number of hydrogen-bond donors (Lipinski definition) is 0. The van der Waals surface area contributed by atoms with Crippen LogP contribution in [0.4, 0.5) is 17.1 Å². The summed E-state index contributed by atoms with van der Waals surface area (Å²) in [5, 5.41) is 5.37. The van der Waals surface area contributed by atoms with Crippen molar-refractivity contribution in [2.75, 3.05) is 4.90 Å². The summed E-state index contributed by atoms with van der Waals surface area (Å²) in [7, 11) is 0. The molecule has 0 N–H and O–H groups in total. The third kappa shape index (κ3) is 3.65. The molecule has 1 fully saturated rings. The van der Waals surface area contributed by atoms with Gasteiger partial charge in [-0.05, 0) is 72.9 Å². The minimum absolute atomic E-state index is 0.724. The van der Waals surface area contributed by atoms with Crippen LogP contribution in [-0.4, -0.2) is 0 Å². The van der Waals surface area contributed by atoms with Crippen molar-refractivity contribution in [1.82, 2.24) is 0 Å². The first-order valence-corrected chi connectivity index (χ1v) is 15.2. The molecule has 1 nitrogen and oxygen atoms in total. The van der Waals surface area contributed by atoms with E-state index in [-0.39, 0.29) is 0 Å². The smallest absolute Gasteiger partial charge is 0.0476 e. The molecule has 0 unspecified atom stereocenters. The van der Waals surface area contributed by atoms with Gasteiger partial charge in [-0.2, -0.15) is 0 Å². The molecule has 3 heteroatoms. The van der Waals surface area contributed by atoms with Crippen LogP contribution >= 0.6 is 22.7 Å². The van der Waals surface area contributed by atoms with Gasteiger partial charge in [-0.15, -0.1) is 22.7 Å². The second-order valence-electron chi connectivity index (χ2n) is 10.5. The van der Waals surface area contributed by atoms with Gasteiger partial charge in [-0.25, -0.2) is 0 Å². The monoisotopic (exact) mass is 525 g/mol. The number of hydrogen-bond acceptors (Lipinski definition) is 3. The molecule has 0 aliphatic heterocycles. The zero-order chi connectivity index (χ0) is 25.1. The second-order valence-corrected chi connectivity index (χ2v) is 12.6. The first-order chi connectivity index (χ1) is 18.8. The van der Waals surface area contributed by atoms with Crippen LogP contribution in [0.2, 0.25) is 0 Å². The van der Waals surface area contributed by atoms with E-state index in [9.17, 15) is 0 Å². The third-order valence-corrected chi connectivity index (χ3v) is 10.5. The van der Waals surface area contributed by atoms with E-state index in [2.05, 4.69) is 114 Å². The van der Waals surface area contributed by atoms with Crippen LogP contribution in [0.15, 0.2) is 109 Å². The largest absolute Gasteiger partial charge is 0.310 e. The van der Waals surface area contributed by atoms with Crippen LogP contribution in [0, 0.1) is 0 Å². The maximum absolute atomic E-state index is 2.44. The van der Waals surface area contributed by atoms with Crippen LogP contribution in [0.1, 0.15) is 37.2 Å². The number of thiophene rings is 2. The first kappa shape index (κ1) is 22.3. The summed E-state index contributed by atoms with van der Waals surface area (Å²) in [5.41, 5.74) is 5.12. The van der Waals surface area contributed by atoms with E-state index < -0.39 is 0 Å². The molecular weight excluding hydrogens is 499 g/mol. The zero-order valence-electron chi connectivity index (χ0n) is 21.1. The summed E-state index contributed by atoms with van der Waals surface area (Å²) in [5.74, 6) is 0.724. The Kier molecular flexibility index (Phi) is 5.27. The van der Waals surface area contributed by atoms with Crippen LogP contribution < -0.4 is 4.90 Å². The topological polar surface area (TPSA) is 3.24 Å². The summed E-state index contributed by atoms with van der Waals surface area (Å²) in [6.07, 6.45) is 5.38. The van der Waals surface area contributed by atoms with Crippen molar-refractivity contribution < 1.29 is 0 Å². The van der Waals surface area contributed by atoms with Crippen molar-refractivity contribution >= 4 is 80.1 Å². The fourth-order valence-corrected chi connectivity index (χ4v) is 8.59. The highest BCUT2D eigenvalue weighted by Crippen LogP contribution is 2.43. The summed E-state index contributed by atoms with van der Waals surface area (Å²) in [6, 6.07) is 40.8. The standard InChI is InChI=1S/C35H27NS2/c1-2-8-23(7-1)24-13-15-25(16-14-24)36(26-17-19-30-28-9-3-5-11-32(28)37-34(30)21-26)27-18-20-31-29-10-4-6-12-33(29)38-35(31)22-27/h3-6,9-23H,1-2,7-8H2. The van der Waals surface area contributed by atoms with Crippen molar-refractivity contribution in [2.24, 2.45) is 0 Å². The summed E-state index contributed by atoms with van der Waals surface area (Å²) < 4.78 is 5.36. The summed E-state index contributed by atoms with van der Waals surface area (Å²) in [6.45, 7) is 0. The van der Waals surface area contributed by atoms with Gasteiger partial charge in [0.05, 0.1) is 0 Å². The average Bonchev–Trinajstić information content (AvgIpc) is 3.70. The van der Waals surface area contributed by atoms with E-state index in [1.54, 1.807) is 0 Å². The quantitative estimate of drug-likeness (QED) is 0.221. The zero-order valence-corrected chi connectivity index (χ0v) is 22.7.